The van der Waals surface area contributed by atoms with Gasteiger partial charge in [-0.05, 0) is 83.4 Å². The van der Waals surface area contributed by atoms with Crippen LogP contribution in [-0.4, -0.2) is 47.0 Å². The first-order valence-corrected chi connectivity index (χ1v) is 13.1. The number of rotatable bonds is 10. The molecule has 1 aliphatic heterocycles. The minimum atomic E-state index is -1.01. The van der Waals surface area contributed by atoms with Crippen LogP contribution in [0.3, 0.4) is 0 Å². The Hall–Kier alpha value is -4.64. The van der Waals surface area contributed by atoms with E-state index in [1.165, 1.54) is 18.2 Å². The lowest BCUT2D eigenvalue weighted by Crippen LogP contribution is -2.38. The zero-order chi connectivity index (χ0) is 28.8. The van der Waals surface area contributed by atoms with Crippen LogP contribution >= 0.6 is 15.9 Å². The molecule has 0 atom stereocenters. The van der Waals surface area contributed by atoms with Crippen LogP contribution in [0.5, 0.6) is 11.5 Å². The number of carbonyl (C=O) groups is 4. The SMILES string of the molecule is CCOc1cc(/C=C2/NC(=O)N(CC(=O)Nc3ccc(C)cc3)C2=O)cc(Br)c1OCc1ccc(C(=O)O)cc1. The summed E-state index contributed by atoms with van der Waals surface area (Å²) in [6, 6.07) is 16.1. The third kappa shape index (κ3) is 6.86. The highest BCUT2D eigenvalue weighted by molar-refractivity contribution is 9.10. The van der Waals surface area contributed by atoms with E-state index in [-0.39, 0.29) is 17.9 Å². The maximum absolute atomic E-state index is 12.9. The van der Waals surface area contributed by atoms with Crippen LogP contribution in [0.4, 0.5) is 10.5 Å². The number of halogens is 1. The van der Waals surface area contributed by atoms with E-state index < -0.39 is 30.4 Å². The quantitative estimate of drug-likeness (QED) is 0.219. The fourth-order valence-corrected chi connectivity index (χ4v) is 4.41. The molecule has 40 heavy (non-hydrogen) atoms. The Morgan fingerprint density at radius 2 is 1.75 bits per heavy atom. The summed E-state index contributed by atoms with van der Waals surface area (Å²) in [6.07, 6.45) is 1.49. The topological polar surface area (TPSA) is 134 Å². The second-order valence-electron chi connectivity index (χ2n) is 8.85. The summed E-state index contributed by atoms with van der Waals surface area (Å²) in [4.78, 5) is 49.8. The molecule has 1 saturated heterocycles. The van der Waals surface area contributed by atoms with Crippen molar-refractivity contribution in [2.24, 2.45) is 0 Å². The Morgan fingerprint density at radius 1 is 1.05 bits per heavy atom. The van der Waals surface area contributed by atoms with E-state index >= 15 is 0 Å². The minimum Gasteiger partial charge on any atom is -0.490 e. The molecule has 4 amide bonds. The van der Waals surface area contributed by atoms with E-state index in [2.05, 4.69) is 26.6 Å². The van der Waals surface area contributed by atoms with E-state index in [0.717, 1.165) is 16.0 Å². The molecule has 10 nitrogen and oxygen atoms in total. The van der Waals surface area contributed by atoms with Crippen molar-refractivity contribution < 1.29 is 33.8 Å². The van der Waals surface area contributed by atoms with E-state index in [1.807, 2.05) is 26.0 Å². The van der Waals surface area contributed by atoms with Crippen LogP contribution in [0.15, 0.2) is 70.8 Å². The number of hydrogen-bond acceptors (Lipinski definition) is 6. The van der Waals surface area contributed by atoms with E-state index in [4.69, 9.17) is 14.6 Å². The van der Waals surface area contributed by atoms with Crippen molar-refractivity contribution in [1.82, 2.24) is 10.2 Å². The number of hydrogen-bond donors (Lipinski definition) is 3. The molecule has 3 aromatic rings. The molecule has 3 N–H and O–H groups in total. The van der Waals surface area contributed by atoms with E-state index in [9.17, 15) is 19.2 Å². The van der Waals surface area contributed by atoms with Gasteiger partial charge < -0.3 is 25.2 Å². The number of aryl methyl sites for hydroxylation is 1. The molecule has 11 heteroatoms. The summed E-state index contributed by atoms with van der Waals surface area (Å²) in [6.45, 7) is 3.80. The number of carboxylic acid groups (broad SMARTS) is 1. The molecule has 0 unspecified atom stereocenters. The van der Waals surface area contributed by atoms with Gasteiger partial charge in [-0.3, -0.25) is 9.59 Å². The van der Waals surface area contributed by atoms with Crippen molar-refractivity contribution >= 4 is 51.5 Å². The highest BCUT2D eigenvalue weighted by Crippen LogP contribution is 2.38. The summed E-state index contributed by atoms with van der Waals surface area (Å²) in [5, 5.41) is 14.3. The van der Waals surface area contributed by atoms with Crippen molar-refractivity contribution in [3.05, 3.63) is 93.1 Å². The number of imide groups is 1. The lowest BCUT2D eigenvalue weighted by molar-refractivity contribution is -0.127. The third-order valence-corrected chi connectivity index (χ3v) is 6.42. The standard InChI is InChI=1S/C29H26BrN3O7/c1-3-39-24-14-19(12-22(30)26(24)40-16-18-6-8-20(9-7-18)28(36)37)13-23-27(35)33(29(38)32-23)15-25(34)31-21-10-4-17(2)5-11-21/h4-14H,3,15-16H2,1-2H3,(H,31,34)(H,32,38)(H,36,37)/b23-13+. The fourth-order valence-electron chi connectivity index (χ4n) is 3.84. The number of aromatic carboxylic acids is 1. The average molecular weight is 608 g/mol. The molecule has 3 aromatic carbocycles. The normalized spacial score (nSPS) is 13.8. The Labute approximate surface area is 238 Å². The lowest BCUT2D eigenvalue weighted by Gasteiger charge is -2.15. The van der Waals surface area contributed by atoms with Gasteiger partial charge >= 0.3 is 12.0 Å². The zero-order valence-electron chi connectivity index (χ0n) is 21.7. The molecule has 0 bridgehead atoms. The molecule has 0 radical (unpaired) electrons. The lowest BCUT2D eigenvalue weighted by atomic mass is 10.1. The summed E-state index contributed by atoms with van der Waals surface area (Å²) in [7, 11) is 0. The summed E-state index contributed by atoms with van der Waals surface area (Å²) >= 11 is 3.48. The monoisotopic (exact) mass is 607 g/mol. The molecule has 0 spiro atoms. The Bertz CT molecular complexity index is 1480. The number of amides is 4. The van der Waals surface area contributed by atoms with E-state index in [1.54, 1.807) is 36.4 Å². The highest BCUT2D eigenvalue weighted by atomic mass is 79.9. The van der Waals surface area contributed by atoms with Gasteiger partial charge in [0.1, 0.15) is 18.8 Å². The fraction of sp³-hybridized carbons (Fsp3) is 0.172. The molecule has 1 fully saturated rings. The van der Waals surface area contributed by atoms with Crippen LogP contribution < -0.4 is 20.1 Å². The second kappa shape index (κ2) is 12.5. The maximum Gasteiger partial charge on any atom is 0.335 e. The molecule has 206 valence electrons. The van der Waals surface area contributed by atoms with Gasteiger partial charge in [-0.15, -0.1) is 0 Å². The van der Waals surface area contributed by atoms with Crippen LogP contribution in [-0.2, 0) is 16.2 Å². The average Bonchev–Trinajstić information content (AvgIpc) is 3.17. The van der Waals surface area contributed by atoms with Crippen LogP contribution in [0.1, 0.15) is 34.0 Å². The molecule has 4 rings (SSSR count). The highest BCUT2D eigenvalue weighted by Gasteiger charge is 2.35. The number of nitrogens with zero attached hydrogens (tertiary/aromatic N) is 1. The molecule has 1 aliphatic rings. The Balaban J connectivity index is 1.47. The van der Waals surface area contributed by atoms with Gasteiger partial charge in [0.05, 0.1) is 16.6 Å². The minimum absolute atomic E-state index is 0.00896. The van der Waals surface area contributed by atoms with Gasteiger partial charge in [0.2, 0.25) is 5.91 Å². The number of carbonyl (C=O) groups excluding carboxylic acids is 3. The molecule has 0 aliphatic carbocycles. The molecular formula is C29H26BrN3O7. The second-order valence-corrected chi connectivity index (χ2v) is 9.70. The molecule has 0 saturated carbocycles. The zero-order valence-corrected chi connectivity index (χ0v) is 23.3. The van der Waals surface area contributed by atoms with Gasteiger partial charge in [0.25, 0.3) is 5.91 Å². The number of ether oxygens (including phenoxy) is 2. The van der Waals surface area contributed by atoms with Crippen molar-refractivity contribution in [3.8, 4) is 11.5 Å². The first kappa shape index (κ1) is 28.4. The van der Waals surface area contributed by atoms with Gasteiger partial charge in [-0.2, -0.15) is 0 Å². The van der Waals surface area contributed by atoms with Gasteiger partial charge in [-0.25, -0.2) is 14.5 Å². The van der Waals surface area contributed by atoms with Crippen molar-refractivity contribution in [1.29, 1.82) is 0 Å². The Morgan fingerprint density at radius 3 is 2.40 bits per heavy atom. The number of carboxylic acids is 1. The number of anilines is 1. The molecule has 0 aromatic heterocycles. The summed E-state index contributed by atoms with van der Waals surface area (Å²) in [5.41, 5.74) is 3.09. The van der Waals surface area contributed by atoms with Crippen LogP contribution in [0, 0.1) is 6.92 Å². The predicted molar refractivity (Wildman–Crippen MR) is 151 cm³/mol. The summed E-state index contributed by atoms with van der Waals surface area (Å²) < 4.78 is 12.2. The first-order valence-electron chi connectivity index (χ1n) is 12.3. The molecule has 1 heterocycles. The Kier molecular flexibility index (Phi) is 8.85. The maximum atomic E-state index is 12.9. The van der Waals surface area contributed by atoms with Crippen LogP contribution in [0.25, 0.3) is 6.08 Å². The van der Waals surface area contributed by atoms with Crippen molar-refractivity contribution in [3.63, 3.8) is 0 Å². The van der Waals surface area contributed by atoms with Crippen molar-refractivity contribution in [2.75, 3.05) is 18.5 Å². The molecular weight excluding hydrogens is 582 g/mol. The van der Waals surface area contributed by atoms with Gasteiger partial charge in [0, 0.05) is 5.69 Å². The largest absolute Gasteiger partial charge is 0.490 e. The summed E-state index contributed by atoms with van der Waals surface area (Å²) in [5.74, 6) is -1.33. The number of nitrogens with one attached hydrogen (secondary N) is 2. The van der Waals surface area contributed by atoms with E-state index in [0.29, 0.717) is 33.8 Å². The van der Waals surface area contributed by atoms with Crippen LogP contribution in [0.2, 0.25) is 0 Å². The first-order chi connectivity index (χ1) is 19.1. The van der Waals surface area contributed by atoms with Gasteiger partial charge in [0.15, 0.2) is 11.5 Å². The number of urea groups is 1. The van der Waals surface area contributed by atoms with Gasteiger partial charge in [-0.1, -0.05) is 29.8 Å². The smallest absolute Gasteiger partial charge is 0.335 e. The predicted octanol–water partition coefficient (Wildman–Crippen LogP) is 4.96. The number of benzene rings is 3. The van der Waals surface area contributed by atoms with Crippen molar-refractivity contribution in [2.45, 2.75) is 20.5 Å². The third-order valence-electron chi connectivity index (χ3n) is 5.83.